The van der Waals surface area contributed by atoms with E-state index in [1.165, 1.54) is 30.1 Å². The molecule has 0 bridgehead atoms. The van der Waals surface area contributed by atoms with Crippen molar-refractivity contribution in [3.63, 3.8) is 0 Å². The monoisotopic (exact) mass is 667 g/mol. The number of ether oxygens (including phenoxy) is 2. The predicted molar refractivity (Wildman–Crippen MR) is 173 cm³/mol. The summed E-state index contributed by atoms with van der Waals surface area (Å²) in [6.07, 6.45) is 0.157. The van der Waals surface area contributed by atoms with E-state index in [9.17, 15) is 18.0 Å². The molecule has 0 saturated carbocycles. The maximum atomic E-state index is 14.5. The molecule has 45 heavy (non-hydrogen) atoms. The lowest BCUT2D eigenvalue weighted by Gasteiger charge is -2.34. The molecular weight excluding hydrogens is 637 g/mol. The van der Waals surface area contributed by atoms with Gasteiger partial charge in [-0.15, -0.1) is 0 Å². The Kier molecular flexibility index (Phi) is 10.2. The zero-order valence-corrected chi connectivity index (χ0v) is 26.7. The highest BCUT2D eigenvalue weighted by Crippen LogP contribution is 2.36. The van der Waals surface area contributed by atoms with Crippen molar-refractivity contribution in [2.45, 2.75) is 23.9 Å². The molecule has 0 unspecified atom stereocenters. The van der Waals surface area contributed by atoms with Gasteiger partial charge in [-0.2, -0.15) is 0 Å². The number of hydrogen-bond acceptors (Lipinski definition) is 6. The predicted octanol–water partition coefficient (Wildman–Crippen LogP) is 5.35. The van der Waals surface area contributed by atoms with E-state index in [4.69, 9.17) is 32.7 Å². The molecule has 2 amide bonds. The number of carbonyl (C=O) groups is 2. The molecule has 1 aliphatic heterocycles. The van der Waals surface area contributed by atoms with E-state index >= 15 is 0 Å². The normalized spacial score (nSPS) is 13.0. The van der Waals surface area contributed by atoms with E-state index < -0.39 is 34.4 Å². The lowest BCUT2D eigenvalue weighted by Crippen LogP contribution is -2.53. The van der Waals surface area contributed by atoms with Crippen molar-refractivity contribution in [1.29, 1.82) is 0 Å². The highest BCUT2D eigenvalue weighted by molar-refractivity contribution is 7.92. The molecule has 0 aliphatic carbocycles. The molecule has 5 rings (SSSR count). The van der Waals surface area contributed by atoms with Crippen LogP contribution in [0, 0.1) is 0 Å². The first-order valence-corrected chi connectivity index (χ1v) is 16.3. The van der Waals surface area contributed by atoms with Crippen molar-refractivity contribution in [3.8, 4) is 11.5 Å². The number of nitrogens with zero attached hydrogens (tertiary/aromatic N) is 2. The fourth-order valence-electron chi connectivity index (χ4n) is 5.01. The number of sulfonamides is 1. The molecule has 0 saturated heterocycles. The van der Waals surface area contributed by atoms with Gasteiger partial charge >= 0.3 is 0 Å². The van der Waals surface area contributed by atoms with E-state index in [1.807, 2.05) is 30.3 Å². The zero-order valence-electron chi connectivity index (χ0n) is 24.4. The van der Waals surface area contributed by atoms with Gasteiger partial charge in [0.15, 0.2) is 11.5 Å². The van der Waals surface area contributed by atoms with Gasteiger partial charge in [-0.25, -0.2) is 8.42 Å². The van der Waals surface area contributed by atoms with Gasteiger partial charge < -0.3 is 19.7 Å². The zero-order chi connectivity index (χ0) is 32.0. The topological polar surface area (TPSA) is 105 Å². The SMILES string of the molecule is CNC(=O)[C@H](Cc1ccccc1)N(Cc1c(Cl)cccc1Cl)C(=O)CN(c1ccc2c(c1)OCCO2)S(=O)(=O)c1ccccc1. The molecule has 1 N–H and O–H groups in total. The molecule has 1 aliphatic rings. The van der Waals surface area contributed by atoms with Gasteiger partial charge in [0, 0.05) is 41.7 Å². The number of fused-ring (bicyclic) bond motifs is 1. The number of nitrogens with one attached hydrogen (secondary N) is 1. The van der Waals surface area contributed by atoms with Crippen LogP contribution in [0.25, 0.3) is 0 Å². The number of anilines is 1. The van der Waals surface area contributed by atoms with Crippen molar-refractivity contribution < 1.29 is 27.5 Å². The van der Waals surface area contributed by atoms with Gasteiger partial charge in [-0.05, 0) is 42.0 Å². The Bertz CT molecular complexity index is 1750. The highest BCUT2D eigenvalue weighted by atomic mass is 35.5. The van der Waals surface area contributed by atoms with Crippen molar-refractivity contribution in [1.82, 2.24) is 10.2 Å². The Balaban J connectivity index is 1.60. The summed E-state index contributed by atoms with van der Waals surface area (Å²) >= 11 is 13.0. The molecule has 1 atom stereocenters. The minimum atomic E-state index is -4.27. The second kappa shape index (κ2) is 14.2. The Morgan fingerprint density at radius 3 is 2.11 bits per heavy atom. The van der Waals surface area contributed by atoms with Crippen molar-refractivity contribution in [2.75, 3.05) is 31.1 Å². The van der Waals surface area contributed by atoms with Crippen LogP contribution in [0.2, 0.25) is 10.0 Å². The van der Waals surface area contributed by atoms with Crippen LogP contribution in [0.3, 0.4) is 0 Å². The van der Waals surface area contributed by atoms with Crippen LogP contribution in [-0.4, -0.2) is 58.0 Å². The Hall–Kier alpha value is -4.25. The second-order valence-electron chi connectivity index (χ2n) is 10.2. The van der Waals surface area contributed by atoms with Gasteiger partial charge in [0.05, 0.1) is 10.6 Å². The van der Waals surface area contributed by atoms with Crippen molar-refractivity contribution >= 4 is 50.7 Å². The first-order valence-electron chi connectivity index (χ1n) is 14.1. The van der Waals surface area contributed by atoms with Gasteiger partial charge in [0.2, 0.25) is 11.8 Å². The fraction of sp³-hybridized carbons (Fsp3) is 0.212. The summed E-state index contributed by atoms with van der Waals surface area (Å²) in [5.41, 5.74) is 1.41. The number of halogens is 2. The van der Waals surface area contributed by atoms with E-state index in [0.29, 0.717) is 40.3 Å². The minimum Gasteiger partial charge on any atom is -0.486 e. The number of benzene rings is 4. The molecular formula is C33H31Cl2N3O6S. The molecule has 4 aromatic rings. The summed E-state index contributed by atoms with van der Waals surface area (Å²) in [6, 6.07) is 25.6. The summed E-state index contributed by atoms with van der Waals surface area (Å²) in [6.45, 7) is -0.136. The largest absolute Gasteiger partial charge is 0.486 e. The molecule has 12 heteroatoms. The average Bonchev–Trinajstić information content (AvgIpc) is 3.06. The van der Waals surface area contributed by atoms with E-state index in [2.05, 4.69) is 5.32 Å². The molecule has 234 valence electrons. The van der Waals surface area contributed by atoms with Gasteiger partial charge in [-0.1, -0.05) is 77.8 Å². The molecule has 1 heterocycles. The second-order valence-corrected chi connectivity index (χ2v) is 12.9. The Morgan fingerprint density at radius 2 is 1.47 bits per heavy atom. The minimum absolute atomic E-state index is 0.0134. The first-order chi connectivity index (χ1) is 21.7. The molecule has 0 fully saturated rings. The molecule has 0 aromatic heterocycles. The van der Waals surface area contributed by atoms with Crippen LogP contribution < -0.4 is 19.1 Å². The molecule has 4 aromatic carbocycles. The van der Waals surface area contributed by atoms with Crippen molar-refractivity contribution in [2.24, 2.45) is 0 Å². The van der Waals surface area contributed by atoms with Gasteiger partial charge in [0.25, 0.3) is 10.0 Å². The maximum absolute atomic E-state index is 14.5. The van der Waals surface area contributed by atoms with Crippen LogP contribution >= 0.6 is 23.2 Å². The number of amides is 2. The standard InChI is InChI=1S/C33H31Cl2N3O6S/c1-36-33(40)29(19-23-9-4-2-5-10-23)37(21-26-27(34)13-8-14-28(26)35)32(39)22-38(45(41,42)25-11-6-3-7-12-25)24-15-16-30-31(20-24)44-18-17-43-30/h2-16,20,29H,17-19,21-22H2,1H3,(H,36,40)/t29-/m0/s1. The van der Waals surface area contributed by atoms with Crippen LogP contribution in [0.5, 0.6) is 11.5 Å². The third kappa shape index (κ3) is 7.36. The first kappa shape index (κ1) is 32.2. The van der Waals surface area contributed by atoms with Gasteiger partial charge in [-0.3, -0.25) is 13.9 Å². The van der Waals surface area contributed by atoms with E-state index in [1.54, 1.807) is 48.5 Å². The maximum Gasteiger partial charge on any atom is 0.264 e. The summed E-state index contributed by atoms with van der Waals surface area (Å²) in [7, 11) is -2.79. The third-order valence-electron chi connectivity index (χ3n) is 7.33. The Labute approximate surface area is 272 Å². The average molecular weight is 669 g/mol. The number of rotatable bonds is 11. The summed E-state index contributed by atoms with van der Waals surface area (Å²) in [4.78, 5) is 29.2. The fourth-order valence-corrected chi connectivity index (χ4v) is 6.95. The molecule has 0 radical (unpaired) electrons. The summed E-state index contributed by atoms with van der Waals surface area (Å²) in [5, 5.41) is 3.25. The highest BCUT2D eigenvalue weighted by Gasteiger charge is 2.35. The van der Waals surface area contributed by atoms with Crippen LogP contribution in [-0.2, 0) is 32.6 Å². The molecule has 9 nitrogen and oxygen atoms in total. The number of carbonyl (C=O) groups excluding carboxylic acids is 2. The van der Waals surface area contributed by atoms with Crippen LogP contribution in [0.4, 0.5) is 5.69 Å². The van der Waals surface area contributed by atoms with Crippen molar-refractivity contribution in [3.05, 3.63) is 118 Å². The summed E-state index contributed by atoms with van der Waals surface area (Å²) < 4.78 is 40.6. The van der Waals surface area contributed by atoms with Crippen LogP contribution in [0.1, 0.15) is 11.1 Å². The number of likely N-dealkylation sites (N-methyl/N-ethyl adjacent to an activating group) is 1. The quantitative estimate of drug-likeness (QED) is 0.231. The Morgan fingerprint density at radius 1 is 0.844 bits per heavy atom. The number of hydrogen-bond donors (Lipinski definition) is 1. The lowest BCUT2D eigenvalue weighted by molar-refractivity contribution is -0.139. The van der Waals surface area contributed by atoms with E-state index in [-0.39, 0.29) is 23.5 Å². The third-order valence-corrected chi connectivity index (χ3v) is 9.83. The van der Waals surface area contributed by atoms with E-state index in [0.717, 1.165) is 9.87 Å². The lowest BCUT2D eigenvalue weighted by atomic mass is 10.0. The smallest absolute Gasteiger partial charge is 0.264 e. The summed E-state index contributed by atoms with van der Waals surface area (Å²) in [5.74, 6) is -0.269. The van der Waals surface area contributed by atoms with Crippen LogP contribution in [0.15, 0.2) is 102 Å². The van der Waals surface area contributed by atoms with Gasteiger partial charge in [0.1, 0.15) is 25.8 Å². The molecule has 0 spiro atoms.